The predicted molar refractivity (Wildman–Crippen MR) is 87.1 cm³/mol. The lowest BCUT2D eigenvalue weighted by Crippen LogP contribution is -2.49. The third kappa shape index (κ3) is 4.07. The summed E-state index contributed by atoms with van der Waals surface area (Å²) in [5.74, 6) is 0.843. The van der Waals surface area contributed by atoms with Crippen molar-refractivity contribution < 1.29 is 14.6 Å². The van der Waals surface area contributed by atoms with Crippen LogP contribution in [-0.4, -0.2) is 57.0 Å². The highest BCUT2D eigenvalue weighted by Gasteiger charge is 2.43. The topological polar surface area (TPSA) is 52.9 Å². The molecule has 1 fully saturated rings. The number of likely N-dealkylation sites (N-methyl/N-ethyl adjacent to an activating group) is 1. The van der Waals surface area contributed by atoms with E-state index in [0.717, 1.165) is 37.2 Å². The maximum Gasteiger partial charge on any atom is 0.197 e. The highest BCUT2D eigenvalue weighted by Crippen LogP contribution is 2.38. The van der Waals surface area contributed by atoms with Crippen LogP contribution in [0.15, 0.2) is 24.3 Å². The van der Waals surface area contributed by atoms with Crippen LogP contribution >= 0.6 is 0 Å². The first-order valence-electron chi connectivity index (χ1n) is 7.64. The molecular weight excluding hydrogens is 282 g/mol. The summed E-state index contributed by atoms with van der Waals surface area (Å²) in [6, 6.07) is 9.66. The predicted octanol–water partition coefficient (Wildman–Crippen LogP) is 1.97. The highest BCUT2D eigenvalue weighted by atomic mass is 28.4. The van der Waals surface area contributed by atoms with Gasteiger partial charge in [-0.1, -0.05) is 12.1 Å². The van der Waals surface area contributed by atoms with Crippen LogP contribution in [0.3, 0.4) is 0 Å². The molecule has 1 aliphatic rings. The summed E-state index contributed by atoms with van der Waals surface area (Å²) in [7, 11) is 3.38. The van der Waals surface area contributed by atoms with Gasteiger partial charge in [0, 0.05) is 12.1 Å². The minimum Gasteiger partial charge on any atom is -0.497 e. The number of nitrogens with zero attached hydrogens (tertiary/aromatic N) is 1. The van der Waals surface area contributed by atoms with Crippen molar-refractivity contribution in [3.8, 4) is 5.75 Å². The number of aliphatic hydroxyl groups is 1. The molecule has 21 heavy (non-hydrogen) atoms. The lowest BCUT2D eigenvalue weighted by Gasteiger charge is -2.39. The van der Waals surface area contributed by atoms with Crippen molar-refractivity contribution in [2.24, 2.45) is 0 Å². The van der Waals surface area contributed by atoms with Gasteiger partial charge < -0.3 is 19.5 Å². The number of methoxy groups -OCH3 is 1. The van der Waals surface area contributed by atoms with Gasteiger partial charge in [0.2, 0.25) is 0 Å². The highest BCUT2D eigenvalue weighted by molar-refractivity contribution is 6.74. The van der Waals surface area contributed by atoms with Crippen LogP contribution in [0.4, 0.5) is 0 Å². The van der Waals surface area contributed by atoms with Gasteiger partial charge in [0.15, 0.2) is 8.32 Å². The van der Waals surface area contributed by atoms with Crippen LogP contribution < -0.4 is 4.74 Å². The minimum absolute atomic E-state index is 0.186. The molecule has 1 aromatic carbocycles. The molecule has 0 bridgehead atoms. The third-order valence-electron chi connectivity index (χ3n) is 4.54. The van der Waals surface area contributed by atoms with E-state index in [1.807, 2.05) is 26.2 Å². The zero-order valence-corrected chi connectivity index (χ0v) is 14.2. The fourth-order valence-electron chi connectivity index (χ4n) is 3.24. The molecule has 0 spiro atoms. The fraction of sp³-hybridized carbons (Fsp3) is 0.625. The lowest BCUT2D eigenvalue weighted by molar-refractivity contribution is 0.153. The first-order chi connectivity index (χ1) is 9.94. The molecule has 5 heteroatoms. The number of aliphatic hydroxyl groups excluding tert-OH is 1. The summed E-state index contributed by atoms with van der Waals surface area (Å²) < 4.78 is 5.22. The second kappa shape index (κ2) is 6.92. The van der Waals surface area contributed by atoms with Crippen LogP contribution in [0.25, 0.3) is 0 Å². The van der Waals surface area contributed by atoms with E-state index in [4.69, 9.17) is 4.74 Å². The zero-order valence-electron chi connectivity index (χ0n) is 13.2. The Hall–Kier alpha value is -0.883. The Bertz CT molecular complexity index is 441. The molecule has 0 saturated carbocycles. The van der Waals surface area contributed by atoms with Gasteiger partial charge in [0.05, 0.1) is 13.2 Å². The van der Waals surface area contributed by atoms with E-state index in [1.165, 1.54) is 5.56 Å². The van der Waals surface area contributed by atoms with Crippen molar-refractivity contribution in [3.63, 3.8) is 0 Å². The Morgan fingerprint density at radius 1 is 1.24 bits per heavy atom. The van der Waals surface area contributed by atoms with Gasteiger partial charge in [-0.05, 0) is 56.7 Å². The molecule has 2 N–H and O–H groups in total. The summed E-state index contributed by atoms with van der Waals surface area (Å²) in [6.45, 7) is 0.852. The normalized spacial score (nSPS) is 27.6. The maximum atomic E-state index is 11.2. The molecule has 1 aromatic rings. The van der Waals surface area contributed by atoms with E-state index in [9.17, 15) is 9.90 Å². The zero-order chi connectivity index (χ0) is 15.5. The number of benzene rings is 1. The Morgan fingerprint density at radius 2 is 1.81 bits per heavy atom. The van der Waals surface area contributed by atoms with Crippen molar-refractivity contribution in [1.29, 1.82) is 0 Å². The van der Waals surface area contributed by atoms with Crippen LogP contribution in [0.1, 0.15) is 23.9 Å². The maximum absolute atomic E-state index is 11.2. The molecule has 0 amide bonds. The molecule has 0 radical (unpaired) electrons. The van der Waals surface area contributed by atoms with Gasteiger partial charge in [-0.15, -0.1) is 0 Å². The molecule has 0 unspecified atom stereocenters. The first-order valence-corrected chi connectivity index (χ1v) is 10.1. The Morgan fingerprint density at radius 3 is 2.29 bits per heavy atom. The SMILES string of the molecule is COc1ccc([C@H](CN(C)C)[Si]2(O)CCC(O)CC2)cc1. The molecule has 2 rings (SSSR count). The largest absolute Gasteiger partial charge is 0.497 e. The molecule has 0 aliphatic carbocycles. The Kier molecular flexibility index (Phi) is 5.43. The van der Waals surface area contributed by atoms with Crippen LogP contribution in [-0.2, 0) is 0 Å². The van der Waals surface area contributed by atoms with Crippen molar-refractivity contribution in [3.05, 3.63) is 29.8 Å². The molecule has 118 valence electrons. The monoisotopic (exact) mass is 309 g/mol. The second-order valence-corrected chi connectivity index (χ2v) is 10.3. The van der Waals surface area contributed by atoms with E-state index in [-0.39, 0.29) is 11.6 Å². The second-order valence-electron chi connectivity index (χ2n) is 6.42. The quantitative estimate of drug-likeness (QED) is 0.817. The minimum atomic E-state index is -2.38. The number of hydrogen-bond donors (Lipinski definition) is 2. The molecule has 1 aliphatic heterocycles. The average Bonchev–Trinajstić information content (AvgIpc) is 2.48. The molecule has 4 nitrogen and oxygen atoms in total. The standard InChI is InChI=1S/C16H27NO3Si/c1-17(2)12-16(13-4-6-15(20-3)7-5-13)21(19)10-8-14(18)9-11-21/h4-7,14,16,18-19H,8-12H2,1-3H3/t14?,16-,21?/m0/s1. The van der Waals surface area contributed by atoms with Gasteiger partial charge in [0.1, 0.15) is 5.75 Å². The first kappa shape index (κ1) is 16.5. The number of rotatable bonds is 5. The summed E-state index contributed by atoms with van der Waals surface area (Å²) in [5, 5.41) is 9.73. The summed E-state index contributed by atoms with van der Waals surface area (Å²) in [5.41, 5.74) is 1.38. The molecule has 1 atom stereocenters. The van der Waals surface area contributed by atoms with E-state index in [2.05, 4.69) is 17.0 Å². The van der Waals surface area contributed by atoms with Gasteiger partial charge in [-0.2, -0.15) is 0 Å². The Balaban J connectivity index is 2.24. The third-order valence-corrected chi connectivity index (χ3v) is 8.66. The van der Waals surface area contributed by atoms with Gasteiger partial charge in [-0.3, -0.25) is 0 Å². The van der Waals surface area contributed by atoms with E-state index >= 15 is 0 Å². The molecule has 1 saturated heterocycles. The summed E-state index contributed by atoms with van der Waals surface area (Å²) in [6.07, 6.45) is 1.25. The summed E-state index contributed by atoms with van der Waals surface area (Å²) >= 11 is 0. The molecule has 0 aromatic heterocycles. The van der Waals surface area contributed by atoms with E-state index in [0.29, 0.717) is 0 Å². The average molecular weight is 309 g/mol. The smallest absolute Gasteiger partial charge is 0.197 e. The Labute approximate surface area is 128 Å². The molecular formula is C16H27NO3Si. The van der Waals surface area contributed by atoms with Gasteiger partial charge in [-0.25, -0.2) is 0 Å². The van der Waals surface area contributed by atoms with Crippen LogP contribution in [0, 0.1) is 0 Å². The van der Waals surface area contributed by atoms with Gasteiger partial charge in [0.25, 0.3) is 0 Å². The van der Waals surface area contributed by atoms with Crippen LogP contribution in [0.5, 0.6) is 5.75 Å². The van der Waals surface area contributed by atoms with Crippen molar-refractivity contribution >= 4 is 8.32 Å². The van der Waals surface area contributed by atoms with E-state index < -0.39 is 8.32 Å². The van der Waals surface area contributed by atoms with Crippen molar-refractivity contribution in [2.45, 2.75) is 36.6 Å². The number of ether oxygens (including phenoxy) is 1. The van der Waals surface area contributed by atoms with Crippen molar-refractivity contribution in [1.82, 2.24) is 4.90 Å². The van der Waals surface area contributed by atoms with Crippen molar-refractivity contribution in [2.75, 3.05) is 27.7 Å². The van der Waals surface area contributed by atoms with E-state index in [1.54, 1.807) is 7.11 Å². The van der Waals surface area contributed by atoms with Crippen LogP contribution in [0.2, 0.25) is 12.1 Å². The lowest BCUT2D eigenvalue weighted by atomic mass is 10.1. The fourth-order valence-corrected chi connectivity index (χ4v) is 7.37. The summed E-state index contributed by atoms with van der Waals surface area (Å²) in [4.78, 5) is 13.4. The number of hydrogen-bond acceptors (Lipinski definition) is 4. The molecule has 1 heterocycles. The van der Waals surface area contributed by atoms with Gasteiger partial charge >= 0.3 is 0 Å².